The summed E-state index contributed by atoms with van der Waals surface area (Å²) in [6.45, 7) is 1.80. The third-order valence-corrected chi connectivity index (χ3v) is 6.39. The predicted octanol–water partition coefficient (Wildman–Crippen LogP) is 5.16. The molecule has 31 heavy (non-hydrogen) atoms. The molecule has 1 atom stereocenters. The molecule has 1 aliphatic carbocycles. The van der Waals surface area contributed by atoms with Gasteiger partial charge in [-0.1, -0.05) is 18.9 Å². The quantitative estimate of drug-likeness (QED) is 0.552. The molecule has 2 aromatic heterocycles. The van der Waals surface area contributed by atoms with Crippen molar-refractivity contribution < 1.29 is 18.4 Å². The highest BCUT2D eigenvalue weighted by atomic mass is 32.1. The number of nitrogens with zero attached hydrogens (tertiary/aromatic N) is 1. The highest BCUT2D eigenvalue weighted by molar-refractivity contribution is 7.10. The average molecular weight is 441 g/mol. The summed E-state index contributed by atoms with van der Waals surface area (Å²) in [6, 6.07) is 12.0. The second kappa shape index (κ2) is 9.47. The summed E-state index contributed by atoms with van der Waals surface area (Å²) in [7, 11) is 0. The van der Waals surface area contributed by atoms with Crippen molar-refractivity contribution >= 4 is 28.8 Å². The lowest BCUT2D eigenvalue weighted by molar-refractivity contribution is -0.127. The van der Waals surface area contributed by atoms with E-state index < -0.39 is 11.9 Å². The molecule has 3 aromatic rings. The lowest BCUT2D eigenvalue weighted by atomic mass is 10.1. The minimum atomic E-state index is -0.979. The second-order valence-corrected chi connectivity index (χ2v) is 8.87. The molecule has 1 N–H and O–H groups in total. The van der Waals surface area contributed by atoms with Crippen LogP contribution in [0, 0.1) is 12.7 Å². The number of thiophene rings is 1. The third-order valence-electron chi connectivity index (χ3n) is 5.52. The van der Waals surface area contributed by atoms with Crippen molar-refractivity contribution in [3.8, 4) is 0 Å². The van der Waals surface area contributed by atoms with E-state index in [1.165, 1.54) is 40.5 Å². The number of hydrogen-bond donors (Lipinski definition) is 1. The number of hydrogen-bond acceptors (Lipinski definition) is 4. The number of rotatable bonds is 7. The van der Waals surface area contributed by atoms with E-state index in [1.54, 1.807) is 19.1 Å². The van der Waals surface area contributed by atoms with Gasteiger partial charge in [-0.15, -0.1) is 11.3 Å². The van der Waals surface area contributed by atoms with Gasteiger partial charge in [0.2, 0.25) is 5.91 Å². The van der Waals surface area contributed by atoms with Gasteiger partial charge in [0.05, 0.1) is 6.42 Å². The van der Waals surface area contributed by atoms with Crippen LogP contribution in [0.15, 0.2) is 58.3 Å². The van der Waals surface area contributed by atoms with Crippen molar-refractivity contribution in [3.05, 3.63) is 76.1 Å². The number of benzene rings is 1. The van der Waals surface area contributed by atoms with Gasteiger partial charge in [-0.05, 0) is 67.6 Å². The highest BCUT2D eigenvalue weighted by Gasteiger charge is 2.36. The van der Waals surface area contributed by atoms with E-state index in [4.69, 9.17) is 4.42 Å². The number of amides is 2. The molecule has 0 aliphatic heterocycles. The maximum absolute atomic E-state index is 13.6. The molecule has 0 unspecified atom stereocenters. The minimum absolute atomic E-state index is 0.0912. The van der Waals surface area contributed by atoms with Gasteiger partial charge in [0.1, 0.15) is 17.3 Å². The first-order valence-corrected chi connectivity index (χ1v) is 11.4. The summed E-state index contributed by atoms with van der Waals surface area (Å²) in [5.74, 6) is 0.0882. The first kappa shape index (κ1) is 21.3. The summed E-state index contributed by atoms with van der Waals surface area (Å²) in [6.07, 6.45) is 4.15. The molecule has 1 aromatic carbocycles. The summed E-state index contributed by atoms with van der Waals surface area (Å²) in [5, 5.41) is 5.01. The van der Waals surface area contributed by atoms with Gasteiger partial charge >= 0.3 is 0 Å². The van der Waals surface area contributed by atoms with Gasteiger partial charge in [0, 0.05) is 16.6 Å². The Hall–Kier alpha value is -2.93. The van der Waals surface area contributed by atoms with Crippen molar-refractivity contribution in [1.82, 2.24) is 5.32 Å². The SMILES string of the molecule is Cc1ccc([C@H](C(=O)NC2CCCC2)N(C(=O)Cc2cccs2)c2ccc(F)cc2)o1. The Morgan fingerprint density at radius 2 is 1.90 bits per heavy atom. The molecule has 4 rings (SSSR count). The molecule has 1 fully saturated rings. The lowest BCUT2D eigenvalue weighted by Crippen LogP contribution is -2.46. The average Bonchev–Trinajstić information content (AvgIpc) is 3.51. The highest BCUT2D eigenvalue weighted by Crippen LogP contribution is 2.31. The molecule has 7 heteroatoms. The number of nitrogens with one attached hydrogen (secondary N) is 1. The molecule has 0 bridgehead atoms. The van der Waals surface area contributed by atoms with Crippen molar-refractivity contribution in [2.45, 2.75) is 51.1 Å². The minimum Gasteiger partial charge on any atom is -0.464 e. The molecule has 1 aliphatic rings. The van der Waals surface area contributed by atoms with Crippen LogP contribution in [0.3, 0.4) is 0 Å². The molecule has 0 spiro atoms. The van der Waals surface area contributed by atoms with Crippen LogP contribution in [-0.2, 0) is 16.0 Å². The van der Waals surface area contributed by atoms with E-state index in [0.717, 1.165) is 30.6 Å². The Balaban J connectivity index is 1.73. The molecule has 162 valence electrons. The van der Waals surface area contributed by atoms with Gasteiger partial charge in [-0.25, -0.2) is 4.39 Å². The van der Waals surface area contributed by atoms with Gasteiger partial charge in [0.25, 0.3) is 5.91 Å². The first-order valence-electron chi connectivity index (χ1n) is 10.5. The largest absolute Gasteiger partial charge is 0.464 e. The summed E-state index contributed by atoms with van der Waals surface area (Å²) >= 11 is 1.48. The van der Waals surface area contributed by atoms with E-state index in [0.29, 0.717) is 17.2 Å². The Morgan fingerprint density at radius 1 is 1.16 bits per heavy atom. The Bertz CT molecular complexity index is 1020. The molecule has 0 radical (unpaired) electrons. The van der Waals surface area contributed by atoms with Crippen LogP contribution in [0.1, 0.15) is 48.1 Å². The van der Waals surface area contributed by atoms with Crippen LogP contribution in [0.2, 0.25) is 0 Å². The second-order valence-electron chi connectivity index (χ2n) is 7.84. The van der Waals surface area contributed by atoms with E-state index in [9.17, 15) is 14.0 Å². The smallest absolute Gasteiger partial charge is 0.251 e. The zero-order valence-corrected chi connectivity index (χ0v) is 18.2. The number of carbonyl (C=O) groups is 2. The number of anilines is 1. The molecular weight excluding hydrogens is 415 g/mol. The molecular formula is C24H25FN2O3S. The summed E-state index contributed by atoms with van der Waals surface area (Å²) < 4.78 is 19.4. The topological polar surface area (TPSA) is 62.6 Å². The Morgan fingerprint density at radius 3 is 2.52 bits per heavy atom. The zero-order valence-electron chi connectivity index (χ0n) is 17.3. The lowest BCUT2D eigenvalue weighted by Gasteiger charge is -2.31. The van der Waals surface area contributed by atoms with Crippen molar-refractivity contribution in [3.63, 3.8) is 0 Å². The van der Waals surface area contributed by atoms with Gasteiger partial charge in [-0.2, -0.15) is 0 Å². The molecule has 5 nitrogen and oxygen atoms in total. The maximum atomic E-state index is 13.6. The first-order chi connectivity index (χ1) is 15.0. The summed E-state index contributed by atoms with van der Waals surface area (Å²) in [4.78, 5) is 29.3. The van der Waals surface area contributed by atoms with E-state index in [2.05, 4.69) is 5.32 Å². The van der Waals surface area contributed by atoms with Gasteiger partial charge < -0.3 is 9.73 Å². The zero-order chi connectivity index (χ0) is 21.8. The fraction of sp³-hybridized carbons (Fsp3) is 0.333. The van der Waals surface area contributed by atoms with Crippen LogP contribution < -0.4 is 10.2 Å². The summed E-state index contributed by atoms with van der Waals surface area (Å²) in [5.41, 5.74) is 0.448. The predicted molar refractivity (Wildman–Crippen MR) is 118 cm³/mol. The molecule has 0 saturated heterocycles. The van der Waals surface area contributed by atoms with E-state index in [-0.39, 0.29) is 24.3 Å². The van der Waals surface area contributed by atoms with Gasteiger partial charge in [0.15, 0.2) is 6.04 Å². The number of furan rings is 1. The van der Waals surface area contributed by atoms with Crippen LogP contribution in [0.5, 0.6) is 0 Å². The number of halogens is 1. The van der Waals surface area contributed by atoms with Crippen molar-refractivity contribution in [2.24, 2.45) is 0 Å². The fourth-order valence-corrected chi connectivity index (χ4v) is 4.71. The van der Waals surface area contributed by atoms with Crippen LogP contribution >= 0.6 is 11.3 Å². The van der Waals surface area contributed by atoms with Crippen molar-refractivity contribution in [2.75, 3.05) is 4.90 Å². The van der Waals surface area contributed by atoms with E-state index >= 15 is 0 Å². The fourth-order valence-electron chi connectivity index (χ4n) is 4.01. The van der Waals surface area contributed by atoms with E-state index in [1.807, 2.05) is 17.5 Å². The molecule has 2 heterocycles. The normalized spacial score (nSPS) is 15.0. The molecule has 1 saturated carbocycles. The Labute approximate surface area is 184 Å². The van der Waals surface area contributed by atoms with Gasteiger partial charge in [-0.3, -0.25) is 14.5 Å². The molecule has 2 amide bonds. The monoisotopic (exact) mass is 440 g/mol. The number of aryl methyl sites for hydroxylation is 1. The van der Waals surface area contributed by atoms with Crippen LogP contribution in [0.25, 0.3) is 0 Å². The third kappa shape index (κ3) is 5.05. The standard InChI is InChI=1S/C24H25FN2O3S/c1-16-8-13-21(30-16)23(24(29)26-18-5-2-3-6-18)27(19-11-9-17(25)10-12-19)22(28)15-20-7-4-14-31-20/h4,7-14,18,23H,2-3,5-6,15H2,1H3,(H,26,29)/t23-/m1/s1. The Kier molecular flexibility index (Phi) is 6.51. The van der Waals surface area contributed by atoms with Crippen LogP contribution in [-0.4, -0.2) is 17.9 Å². The maximum Gasteiger partial charge on any atom is 0.251 e. The van der Waals surface area contributed by atoms with Crippen LogP contribution in [0.4, 0.5) is 10.1 Å². The number of carbonyl (C=O) groups excluding carboxylic acids is 2. The van der Waals surface area contributed by atoms with Crippen molar-refractivity contribution in [1.29, 1.82) is 0 Å².